The van der Waals surface area contributed by atoms with Gasteiger partial charge in [0.2, 0.25) is 0 Å². The Morgan fingerprint density at radius 3 is 2.53 bits per heavy atom. The first-order chi connectivity index (χ1) is 14.4. The van der Waals surface area contributed by atoms with E-state index in [1.165, 1.54) is 23.5 Å². The van der Waals surface area contributed by atoms with Crippen LogP contribution in [0, 0.1) is 24.0 Å². The van der Waals surface area contributed by atoms with Crippen molar-refractivity contribution in [3.8, 4) is 16.9 Å². The second-order valence-corrected chi connectivity index (χ2v) is 8.21. The van der Waals surface area contributed by atoms with E-state index in [-0.39, 0.29) is 11.2 Å². The molecule has 0 aliphatic heterocycles. The van der Waals surface area contributed by atoms with E-state index < -0.39 is 4.92 Å². The largest absolute Gasteiger partial charge is 0.496 e. The molecule has 1 N–H and O–H groups in total. The van der Waals surface area contributed by atoms with Gasteiger partial charge in [0.25, 0.3) is 11.2 Å². The number of hydrogen-bond acceptors (Lipinski definition) is 6. The normalized spacial score (nSPS) is 11.0. The van der Waals surface area contributed by atoms with E-state index in [0.29, 0.717) is 22.5 Å². The summed E-state index contributed by atoms with van der Waals surface area (Å²) in [4.78, 5) is 32.5. The van der Waals surface area contributed by atoms with Gasteiger partial charge >= 0.3 is 0 Å². The number of nitrogens with zero attached hydrogens (tertiary/aromatic N) is 2. The molecule has 0 saturated heterocycles. The summed E-state index contributed by atoms with van der Waals surface area (Å²) in [5.74, 6) is 1.33. The van der Waals surface area contributed by atoms with Crippen molar-refractivity contribution >= 4 is 27.2 Å². The van der Waals surface area contributed by atoms with Crippen LogP contribution in [0.1, 0.15) is 21.8 Å². The summed E-state index contributed by atoms with van der Waals surface area (Å²) in [6.45, 7) is 3.95. The first-order valence-electron chi connectivity index (χ1n) is 9.28. The van der Waals surface area contributed by atoms with Crippen molar-refractivity contribution in [3.63, 3.8) is 0 Å². The Kier molecular flexibility index (Phi) is 5.09. The van der Waals surface area contributed by atoms with E-state index in [9.17, 15) is 14.9 Å². The van der Waals surface area contributed by atoms with Gasteiger partial charge in [0.1, 0.15) is 16.4 Å². The molecule has 0 saturated carbocycles. The van der Waals surface area contributed by atoms with Crippen LogP contribution in [0.15, 0.2) is 47.3 Å². The Bertz CT molecular complexity index is 1320. The summed E-state index contributed by atoms with van der Waals surface area (Å²) < 4.78 is 5.34. The third kappa shape index (κ3) is 3.57. The standard InChI is InChI=1S/C22H19N3O4S/c1-12-10-15(6-9-17(12)29-3)19-13(2)30-22-20(19)21(26)23-18(24-22)11-14-4-7-16(8-5-14)25(27)28/h4-10H,11H2,1-3H3,(H,23,24,26). The van der Waals surface area contributed by atoms with Crippen molar-refractivity contribution in [2.24, 2.45) is 0 Å². The SMILES string of the molecule is COc1ccc(-c2c(C)sc3nc(Cc4ccc([N+](=O)[O-])cc4)[nH]c(=O)c23)cc1C. The van der Waals surface area contributed by atoms with Crippen LogP contribution in [-0.2, 0) is 6.42 Å². The zero-order valence-electron chi connectivity index (χ0n) is 16.7. The lowest BCUT2D eigenvalue weighted by molar-refractivity contribution is -0.384. The number of non-ortho nitro benzene ring substituents is 1. The third-order valence-corrected chi connectivity index (χ3v) is 5.99. The van der Waals surface area contributed by atoms with Gasteiger partial charge in [0.05, 0.1) is 17.4 Å². The van der Waals surface area contributed by atoms with Gasteiger partial charge in [-0.15, -0.1) is 11.3 Å². The molecule has 4 rings (SSSR count). The molecule has 0 atom stereocenters. The van der Waals surface area contributed by atoms with Gasteiger partial charge in [-0.25, -0.2) is 4.98 Å². The molecule has 2 aromatic heterocycles. The average molecular weight is 421 g/mol. The second kappa shape index (κ2) is 7.72. The van der Waals surface area contributed by atoms with Crippen LogP contribution in [0.25, 0.3) is 21.3 Å². The number of nitrogens with one attached hydrogen (secondary N) is 1. The van der Waals surface area contributed by atoms with Crippen LogP contribution < -0.4 is 10.3 Å². The van der Waals surface area contributed by atoms with E-state index in [0.717, 1.165) is 32.9 Å². The Labute approximate surface area is 176 Å². The highest BCUT2D eigenvalue weighted by atomic mass is 32.1. The molecular formula is C22H19N3O4S. The van der Waals surface area contributed by atoms with Crippen LogP contribution in [0.4, 0.5) is 5.69 Å². The number of ether oxygens (including phenoxy) is 1. The number of aromatic nitrogens is 2. The third-order valence-electron chi connectivity index (χ3n) is 4.99. The van der Waals surface area contributed by atoms with Gasteiger partial charge in [0.15, 0.2) is 0 Å². The van der Waals surface area contributed by atoms with E-state index >= 15 is 0 Å². The summed E-state index contributed by atoms with van der Waals surface area (Å²) in [6.07, 6.45) is 0.386. The van der Waals surface area contributed by atoms with Gasteiger partial charge in [-0.1, -0.05) is 18.2 Å². The number of hydrogen-bond donors (Lipinski definition) is 1. The number of aromatic amines is 1. The average Bonchev–Trinajstić information content (AvgIpc) is 3.04. The van der Waals surface area contributed by atoms with E-state index in [1.807, 2.05) is 32.0 Å². The van der Waals surface area contributed by atoms with E-state index in [1.54, 1.807) is 19.2 Å². The zero-order chi connectivity index (χ0) is 21.4. The first kappa shape index (κ1) is 19.8. The predicted octanol–water partition coefficient (Wildman–Crippen LogP) is 4.78. The molecule has 2 aromatic carbocycles. The maximum atomic E-state index is 12.9. The van der Waals surface area contributed by atoms with Gasteiger partial charge in [-0.3, -0.25) is 14.9 Å². The Morgan fingerprint density at radius 2 is 1.90 bits per heavy atom. The van der Waals surface area contributed by atoms with Crippen molar-refractivity contribution in [2.75, 3.05) is 7.11 Å². The number of nitro benzene ring substituents is 1. The summed E-state index contributed by atoms with van der Waals surface area (Å²) in [5, 5.41) is 11.4. The molecule has 4 aromatic rings. The number of benzene rings is 2. The molecular weight excluding hydrogens is 402 g/mol. The van der Waals surface area contributed by atoms with Crippen molar-refractivity contribution in [1.82, 2.24) is 9.97 Å². The maximum Gasteiger partial charge on any atom is 0.269 e. The quantitative estimate of drug-likeness (QED) is 0.369. The molecule has 2 heterocycles. The molecule has 30 heavy (non-hydrogen) atoms. The highest BCUT2D eigenvalue weighted by molar-refractivity contribution is 7.19. The van der Waals surface area contributed by atoms with Crippen molar-refractivity contribution in [3.05, 3.63) is 84.8 Å². The first-order valence-corrected chi connectivity index (χ1v) is 10.1. The molecule has 0 aliphatic rings. The fourth-order valence-corrected chi connectivity index (χ4v) is 4.62. The summed E-state index contributed by atoms with van der Waals surface area (Å²) in [5.41, 5.74) is 3.51. The van der Waals surface area contributed by atoms with Crippen LogP contribution in [-0.4, -0.2) is 22.0 Å². The number of aryl methyl sites for hydroxylation is 2. The highest BCUT2D eigenvalue weighted by Crippen LogP contribution is 2.37. The van der Waals surface area contributed by atoms with Gasteiger partial charge < -0.3 is 9.72 Å². The fourth-order valence-electron chi connectivity index (χ4n) is 3.56. The van der Waals surface area contributed by atoms with Crippen LogP contribution in [0.3, 0.4) is 0 Å². The molecule has 0 fully saturated rings. The minimum Gasteiger partial charge on any atom is -0.496 e. The summed E-state index contributed by atoms with van der Waals surface area (Å²) >= 11 is 1.48. The van der Waals surface area contributed by atoms with Crippen LogP contribution in [0.2, 0.25) is 0 Å². The lowest BCUT2D eigenvalue weighted by Crippen LogP contribution is -2.11. The number of methoxy groups -OCH3 is 1. The van der Waals surface area contributed by atoms with Crippen molar-refractivity contribution < 1.29 is 9.66 Å². The molecule has 152 valence electrons. The van der Waals surface area contributed by atoms with E-state index in [2.05, 4.69) is 9.97 Å². The lowest BCUT2D eigenvalue weighted by atomic mass is 10.0. The maximum absolute atomic E-state index is 12.9. The molecule has 0 aliphatic carbocycles. The minimum absolute atomic E-state index is 0.0314. The fraction of sp³-hybridized carbons (Fsp3) is 0.182. The second-order valence-electron chi connectivity index (χ2n) is 7.01. The van der Waals surface area contributed by atoms with Crippen LogP contribution in [0.5, 0.6) is 5.75 Å². The number of nitro groups is 1. The van der Waals surface area contributed by atoms with Crippen molar-refractivity contribution in [1.29, 1.82) is 0 Å². The Morgan fingerprint density at radius 1 is 1.17 bits per heavy atom. The molecule has 0 radical (unpaired) electrons. The predicted molar refractivity (Wildman–Crippen MR) is 118 cm³/mol. The summed E-state index contributed by atoms with van der Waals surface area (Å²) in [6, 6.07) is 12.1. The molecule has 0 unspecified atom stereocenters. The van der Waals surface area contributed by atoms with Gasteiger partial charge in [-0.2, -0.15) is 0 Å². The topological polar surface area (TPSA) is 98.1 Å². The highest BCUT2D eigenvalue weighted by Gasteiger charge is 2.17. The molecule has 0 bridgehead atoms. The summed E-state index contributed by atoms with van der Waals surface area (Å²) in [7, 11) is 1.63. The number of H-pyrrole nitrogens is 1. The zero-order valence-corrected chi connectivity index (χ0v) is 17.5. The molecule has 8 heteroatoms. The number of thiophene rings is 1. The smallest absolute Gasteiger partial charge is 0.269 e. The lowest BCUT2D eigenvalue weighted by Gasteiger charge is -2.08. The van der Waals surface area contributed by atoms with E-state index in [4.69, 9.17) is 4.74 Å². The Hall–Kier alpha value is -3.52. The Balaban J connectivity index is 1.74. The van der Waals surface area contributed by atoms with Gasteiger partial charge in [0, 0.05) is 29.0 Å². The molecule has 0 amide bonds. The van der Waals surface area contributed by atoms with Gasteiger partial charge in [-0.05, 0) is 42.7 Å². The minimum atomic E-state index is -0.438. The molecule has 7 nitrogen and oxygen atoms in total. The van der Waals surface area contributed by atoms with Crippen molar-refractivity contribution in [2.45, 2.75) is 20.3 Å². The number of rotatable bonds is 5. The van der Waals surface area contributed by atoms with Crippen LogP contribution >= 0.6 is 11.3 Å². The molecule has 0 spiro atoms. The number of fused-ring (bicyclic) bond motifs is 1. The monoisotopic (exact) mass is 421 g/mol.